The van der Waals surface area contributed by atoms with Crippen LogP contribution in [0.15, 0.2) is 83.8 Å². The lowest BCUT2D eigenvalue weighted by atomic mass is 10.0. The summed E-state index contributed by atoms with van der Waals surface area (Å²) in [4.78, 5) is 15.0. The first kappa shape index (κ1) is 24.4. The van der Waals surface area contributed by atoms with Crippen molar-refractivity contribution in [2.45, 2.75) is 24.8 Å². The van der Waals surface area contributed by atoms with Crippen LogP contribution < -0.4 is 10.0 Å². The molecule has 3 rings (SSSR count). The van der Waals surface area contributed by atoms with Crippen LogP contribution in [0, 0.1) is 5.82 Å². The van der Waals surface area contributed by atoms with Gasteiger partial charge < -0.3 is 5.32 Å². The third kappa shape index (κ3) is 6.40. The van der Waals surface area contributed by atoms with E-state index in [4.69, 9.17) is 0 Å². The molecule has 3 aromatic carbocycles. The van der Waals surface area contributed by atoms with E-state index in [9.17, 15) is 17.6 Å². The van der Waals surface area contributed by atoms with Crippen LogP contribution in [-0.4, -0.2) is 38.9 Å². The van der Waals surface area contributed by atoms with Crippen molar-refractivity contribution >= 4 is 21.6 Å². The number of sulfonamides is 1. The van der Waals surface area contributed by atoms with Gasteiger partial charge in [0.15, 0.2) is 0 Å². The second kappa shape index (κ2) is 11.1. The fourth-order valence-electron chi connectivity index (χ4n) is 3.61. The summed E-state index contributed by atoms with van der Waals surface area (Å²) in [5.41, 5.74) is 1.86. The minimum absolute atomic E-state index is 0.0472. The first-order chi connectivity index (χ1) is 15.8. The molecule has 0 unspecified atom stereocenters. The number of anilines is 1. The van der Waals surface area contributed by atoms with Crippen LogP contribution in [0.4, 0.5) is 10.1 Å². The quantitative estimate of drug-likeness (QED) is 0.460. The molecule has 0 fully saturated rings. The summed E-state index contributed by atoms with van der Waals surface area (Å²) in [7, 11) is -3.85. The first-order valence-corrected chi connectivity index (χ1v) is 12.3. The summed E-state index contributed by atoms with van der Waals surface area (Å²) in [6.07, 6.45) is 0. The van der Waals surface area contributed by atoms with E-state index in [0.717, 1.165) is 30.8 Å². The second-order valence-electron chi connectivity index (χ2n) is 7.49. The van der Waals surface area contributed by atoms with Crippen molar-refractivity contribution in [3.8, 4) is 0 Å². The number of rotatable bonds is 10. The highest BCUT2D eigenvalue weighted by Gasteiger charge is 2.19. The van der Waals surface area contributed by atoms with Crippen LogP contribution in [0.1, 0.15) is 35.8 Å². The molecule has 174 valence electrons. The van der Waals surface area contributed by atoms with Crippen molar-refractivity contribution in [2.75, 3.05) is 24.4 Å². The molecule has 0 spiro atoms. The summed E-state index contributed by atoms with van der Waals surface area (Å²) in [6.45, 7) is 6.34. The number of halogens is 1. The SMILES string of the molecule is CCN(CC)[C@H](CNC(=O)c1ccc(NS(=O)(=O)c2ccc(F)cc2)cc1)c1ccccc1. The third-order valence-corrected chi connectivity index (χ3v) is 6.81. The molecule has 0 aromatic heterocycles. The van der Waals surface area contributed by atoms with E-state index in [-0.39, 0.29) is 16.8 Å². The minimum Gasteiger partial charge on any atom is -0.350 e. The second-order valence-corrected chi connectivity index (χ2v) is 9.18. The van der Waals surface area contributed by atoms with E-state index in [0.29, 0.717) is 17.8 Å². The van der Waals surface area contributed by atoms with Crippen molar-refractivity contribution in [3.05, 3.63) is 95.8 Å². The Morgan fingerprint density at radius 1 is 0.909 bits per heavy atom. The highest BCUT2D eigenvalue weighted by atomic mass is 32.2. The molecule has 6 nitrogen and oxygen atoms in total. The Labute approximate surface area is 194 Å². The zero-order chi connectivity index (χ0) is 23.8. The van der Waals surface area contributed by atoms with Crippen LogP contribution in [0.25, 0.3) is 0 Å². The largest absolute Gasteiger partial charge is 0.350 e. The molecule has 0 saturated carbocycles. The van der Waals surface area contributed by atoms with Gasteiger partial charge in [0.2, 0.25) is 0 Å². The van der Waals surface area contributed by atoms with Gasteiger partial charge >= 0.3 is 0 Å². The van der Waals surface area contributed by atoms with Crippen LogP contribution in [0.5, 0.6) is 0 Å². The fourth-order valence-corrected chi connectivity index (χ4v) is 4.66. The lowest BCUT2D eigenvalue weighted by Crippen LogP contribution is -2.38. The molecule has 0 aliphatic heterocycles. The molecule has 1 amide bonds. The summed E-state index contributed by atoms with van der Waals surface area (Å²) in [6, 6.07) is 20.8. The molecular formula is C25H28FN3O3S. The van der Waals surface area contributed by atoms with E-state index in [1.165, 1.54) is 24.3 Å². The molecule has 0 aliphatic rings. The normalized spacial score (nSPS) is 12.4. The number of likely N-dealkylation sites (N-methyl/N-ethyl adjacent to an activating group) is 1. The van der Waals surface area contributed by atoms with Crippen LogP contribution in [0.2, 0.25) is 0 Å². The van der Waals surface area contributed by atoms with Crippen molar-refractivity contribution in [1.29, 1.82) is 0 Å². The van der Waals surface area contributed by atoms with Gasteiger partial charge in [-0.05, 0) is 67.2 Å². The van der Waals surface area contributed by atoms with Crippen molar-refractivity contribution in [1.82, 2.24) is 10.2 Å². The molecule has 1 atom stereocenters. The number of hydrogen-bond acceptors (Lipinski definition) is 4. The third-order valence-electron chi connectivity index (χ3n) is 5.42. The Hall–Kier alpha value is -3.23. The molecule has 0 aliphatic carbocycles. The van der Waals surface area contributed by atoms with Crippen LogP contribution in [-0.2, 0) is 10.0 Å². The predicted molar refractivity (Wildman–Crippen MR) is 128 cm³/mol. The Morgan fingerprint density at radius 3 is 2.09 bits per heavy atom. The Balaban J connectivity index is 1.66. The van der Waals surface area contributed by atoms with E-state index >= 15 is 0 Å². The van der Waals surface area contributed by atoms with Crippen molar-refractivity contribution < 1.29 is 17.6 Å². The van der Waals surface area contributed by atoms with Gasteiger partial charge in [0, 0.05) is 17.8 Å². The number of carbonyl (C=O) groups excluding carboxylic acids is 1. The van der Waals surface area contributed by atoms with Gasteiger partial charge in [-0.25, -0.2) is 12.8 Å². The van der Waals surface area contributed by atoms with E-state index in [1.54, 1.807) is 12.1 Å². The molecule has 0 heterocycles. The highest BCUT2D eigenvalue weighted by Crippen LogP contribution is 2.20. The van der Waals surface area contributed by atoms with Gasteiger partial charge in [-0.3, -0.25) is 14.4 Å². The van der Waals surface area contributed by atoms with Gasteiger partial charge in [0.1, 0.15) is 5.82 Å². The molecule has 33 heavy (non-hydrogen) atoms. The number of carbonyl (C=O) groups is 1. The molecular weight excluding hydrogens is 441 g/mol. The number of nitrogens with zero attached hydrogens (tertiary/aromatic N) is 1. The summed E-state index contributed by atoms with van der Waals surface area (Å²) < 4.78 is 40.4. The minimum atomic E-state index is -3.85. The number of nitrogens with one attached hydrogen (secondary N) is 2. The average Bonchev–Trinajstić information content (AvgIpc) is 2.82. The average molecular weight is 470 g/mol. The lowest BCUT2D eigenvalue weighted by Gasteiger charge is -2.30. The van der Waals surface area contributed by atoms with Gasteiger partial charge in [0.05, 0.1) is 10.9 Å². The Kier molecular flexibility index (Phi) is 8.19. The Bertz CT molecular complexity index is 1150. The van der Waals surface area contributed by atoms with Crippen LogP contribution in [0.3, 0.4) is 0 Å². The topological polar surface area (TPSA) is 78.5 Å². The van der Waals surface area contributed by atoms with Gasteiger partial charge in [0.25, 0.3) is 15.9 Å². The van der Waals surface area contributed by atoms with Gasteiger partial charge in [-0.2, -0.15) is 0 Å². The summed E-state index contributed by atoms with van der Waals surface area (Å²) in [5, 5.41) is 2.99. The molecule has 0 saturated heterocycles. The smallest absolute Gasteiger partial charge is 0.261 e. The van der Waals surface area contributed by atoms with Crippen molar-refractivity contribution in [2.24, 2.45) is 0 Å². The fraction of sp³-hybridized carbons (Fsp3) is 0.240. The maximum Gasteiger partial charge on any atom is 0.261 e. The summed E-state index contributed by atoms with van der Waals surface area (Å²) in [5.74, 6) is -0.754. The van der Waals surface area contributed by atoms with E-state index < -0.39 is 15.8 Å². The summed E-state index contributed by atoms with van der Waals surface area (Å²) >= 11 is 0. The molecule has 3 aromatic rings. The first-order valence-electron chi connectivity index (χ1n) is 10.8. The van der Waals surface area contributed by atoms with Gasteiger partial charge in [-0.1, -0.05) is 44.2 Å². The van der Waals surface area contributed by atoms with E-state index in [2.05, 4.69) is 40.9 Å². The lowest BCUT2D eigenvalue weighted by molar-refractivity contribution is 0.0935. The molecule has 8 heteroatoms. The maximum absolute atomic E-state index is 13.1. The standard InChI is InChI=1S/C25H28FN3O3S/c1-3-29(4-2)24(19-8-6-5-7-9-19)18-27-25(30)20-10-14-22(15-11-20)28-33(31,32)23-16-12-21(26)13-17-23/h5-17,24,28H,3-4,18H2,1-2H3,(H,27,30)/t24-/m1/s1. The highest BCUT2D eigenvalue weighted by molar-refractivity contribution is 7.92. The zero-order valence-corrected chi connectivity index (χ0v) is 19.5. The zero-order valence-electron chi connectivity index (χ0n) is 18.7. The number of amides is 1. The van der Waals surface area contributed by atoms with Gasteiger partial charge in [-0.15, -0.1) is 0 Å². The van der Waals surface area contributed by atoms with Crippen LogP contribution >= 0.6 is 0 Å². The molecule has 0 bridgehead atoms. The number of benzene rings is 3. The maximum atomic E-state index is 13.1. The van der Waals surface area contributed by atoms with Crippen molar-refractivity contribution in [3.63, 3.8) is 0 Å². The Morgan fingerprint density at radius 2 is 1.52 bits per heavy atom. The molecule has 0 radical (unpaired) electrons. The molecule has 2 N–H and O–H groups in total. The monoisotopic (exact) mass is 469 g/mol. The number of hydrogen-bond donors (Lipinski definition) is 2. The predicted octanol–water partition coefficient (Wildman–Crippen LogP) is 4.44. The van der Waals surface area contributed by atoms with E-state index in [1.807, 2.05) is 18.2 Å².